The fourth-order valence-corrected chi connectivity index (χ4v) is 3.64. The van der Waals surface area contributed by atoms with E-state index in [4.69, 9.17) is 11.6 Å². The van der Waals surface area contributed by atoms with Crippen LogP contribution in [0.3, 0.4) is 0 Å². The number of hydrogen-bond donors (Lipinski definition) is 1. The minimum Gasteiger partial charge on any atom is -0.325 e. The molecule has 0 fully saturated rings. The van der Waals surface area contributed by atoms with Gasteiger partial charge in [0.15, 0.2) is 5.78 Å². The van der Waals surface area contributed by atoms with Gasteiger partial charge in [-0.1, -0.05) is 61.0 Å². The quantitative estimate of drug-likeness (QED) is 0.392. The third-order valence-corrected chi connectivity index (χ3v) is 5.26. The Hall–Kier alpha value is -2.56. The van der Waals surface area contributed by atoms with E-state index in [9.17, 15) is 9.59 Å². The molecule has 5 heteroatoms. The van der Waals surface area contributed by atoms with E-state index in [-0.39, 0.29) is 18.1 Å². The summed E-state index contributed by atoms with van der Waals surface area (Å²) in [6, 6.07) is 21.8. The first-order chi connectivity index (χ1) is 13.6. The molecule has 0 spiro atoms. The second-order valence-electron chi connectivity index (χ2n) is 6.19. The van der Waals surface area contributed by atoms with E-state index >= 15 is 0 Å². The second kappa shape index (κ2) is 9.58. The zero-order chi connectivity index (χ0) is 19.9. The lowest BCUT2D eigenvalue weighted by atomic mass is 10.0. The lowest BCUT2D eigenvalue weighted by molar-refractivity contribution is -0.115. The van der Waals surface area contributed by atoms with Crippen LogP contribution in [-0.4, -0.2) is 17.4 Å². The molecule has 0 radical (unpaired) electrons. The van der Waals surface area contributed by atoms with Crippen LogP contribution in [0.4, 0.5) is 5.69 Å². The zero-order valence-electron chi connectivity index (χ0n) is 15.4. The lowest BCUT2D eigenvalue weighted by Gasteiger charge is -2.11. The van der Waals surface area contributed by atoms with Crippen LogP contribution >= 0.6 is 23.4 Å². The number of thioether (sulfide) groups is 1. The van der Waals surface area contributed by atoms with Crippen LogP contribution in [-0.2, 0) is 11.2 Å². The Morgan fingerprint density at radius 3 is 2.36 bits per heavy atom. The third-order valence-electron chi connectivity index (χ3n) is 4.14. The molecule has 0 atom stereocenters. The van der Waals surface area contributed by atoms with Crippen molar-refractivity contribution in [2.24, 2.45) is 0 Å². The first-order valence-electron chi connectivity index (χ1n) is 8.97. The molecule has 0 aliphatic heterocycles. The number of amides is 1. The molecule has 0 aliphatic rings. The number of rotatable bonds is 7. The molecular weight excluding hydrogens is 390 g/mol. The SMILES string of the molecule is CCSc1ccc(CC(=O)Nc2ccc(Cl)cc2C(=O)c2ccccc2)cc1. The van der Waals surface area contributed by atoms with Crippen LogP contribution in [0.5, 0.6) is 0 Å². The van der Waals surface area contributed by atoms with Crippen molar-refractivity contribution in [1.29, 1.82) is 0 Å². The monoisotopic (exact) mass is 409 g/mol. The van der Waals surface area contributed by atoms with Gasteiger partial charge in [0.05, 0.1) is 12.1 Å². The Kier molecular flexibility index (Phi) is 6.90. The van der Waals surface area contributed by atoms with Crippen LogP contribution in [0.1, 0.15) is 28.4 Å². The summed E-state index contributed by atoms with van der Waals surface area (Å²) in [5.41, 5.74) is 2.30. The summed E-state index contributed by atoms with van der Waals surface area (Å²) in [5.74, 6) is 0.647. The van der Waals surface area contributed by atoms with Crippen LogP contribution in [0, 0.1) is 0 Å². The van der Waals surface area contributed by atoms with Gasteiger partial charge < -0.3 is 5.32 Å². The van der Waals surface area contributed by atoms with Gasteiger partial charge in [0.2, 0.25) is 5.91 Å². The molecule has 0 aliphatic carbocycles. The van der Waals surface area contributed by atoms with Crippen molar-refractivity contribution >= 4 is 40.7 Å². The van der Waals surface area contributed by atoms with Gasteiger partial charge in [-0.3, -0.25) is 9.59 Å². The third kappa shape index (κ3) is 5.24. The minimum atomic E-state index is -0.181. The van der Waals surface area contributed by atoms with Gasteiger partial charge in [0, 0.05) is 21.0 Å². The molecule has 0 saturated heterocycles. The molecule has 0 heterocycles. The predicted molar refractivity (Wildman–Crippen MR) is 117 cm³/mol. The van der Waals surface area contributed by atoms with Gasteiger partial charge in [0.25, 0.3) is 0 Å². The average molecular weight is 410 g/mol. The first kappa shape index (κ1) is 20.2. The summed E-state index contributed by atoms with van der Waals surface area (Å²) >= 11 is 7.85. The van der Waals surface area contributed by atoms with Gasteiger partial charge in [-0.25, -0.2) is 0 Å². The highest BCUT2D eigenvalue weighted by molar-refractivity contribution is 7.99. The van der Waals surface area contributed by atoms with Crippen molar-refractivity contribution in [3.8, 4) is 0 Å². The highest BCUT2D eigenvalue weighted by Crippen LogP contribution is 2.24. The zero-order valence-corrected chi connectivity index (χ0v) is 17.0. The van der Waals surface area contributed by atoms with E-state index in [1.165, 1.54) is 4.90 Å². The standard InChI is InChI=1S/C23H20ClNO2S/c1-2-28-19-11-8-16(9-12-19)14-22(26)25-21-13-10-18(24)15-20(21)23(27)17-6-4-3-5-7-17/h3-13,15H,2,14H2,1H3,(H,25,26). The number of benzene rings is 3. The van der Waals surface area contributed by atoms with E-state index in [2.05, 4.69) is 12.2 Å². The van der Waals surface area contributed by atoms with Gasteiger partial charge in [-0.2, -0.15) is 0 Å². The molecule has 1 N–H and O–H groups in total. The van der Waals surface area contributed by atoms with Crippen molar-refractivity contribution in [3.63, 3.8) is 0 Å². The van der Waals surface area contributed by atoms with Gasteiger partial charge in [-0.15, -0.1) is 11.8 Å². The van der Waals surface area contributed by atoms with E-state index in [0.717, 1.165) is 11.3 Å². The molecule has 0 saturated carbocycles. The fraction of sp³-hybridized carbons (Fsp3) is 0.130. The second-order valence-corrected chi connectivity index (χ2v) is 7.96. The highest BCUT2D eigenvalue weighted by Gasteiger charge is 2.16. The molecule has 3 rings (SSSR count). The van der Waals surface area contributed by atoms with Gasteiger partial charge in [0.1, 0.15) is 0 Å². The lowest BCUT2D eigenvalue weighted by Crippen LogP contribution is -2.17. The van der Waals surface area contributed by atoms with E-state index in [1.807, 2.05) is 30.3 Å². The molecule has 0 bridgehead atoms. The predicted octanol–water partition coefficient (Wildman–Crippen LogP) is 5.86. The fourth-order valence-electron chi connectivity index (χ4n) is 2.81. The number of anilines is 1. The molecule has 3 nitrogen and oxygen atoms in total. The van der Waals surface area contributed by atoms with Crippen molar-refractivity contribution in [2.75, 3.05) is 11.1 Å². The molecule has 28 heavy (non-hydrogen) atoms. The van der Waals surface area contributed by atoms with Crippen molar-refractivity contribution < 1.29 is 9.59 Å². The summed E-state index contributed by atoms with van der Waals surface area (Å²) < 4.78 is 0. The van der Waals surface area contributed by atoms with Crippen LogP contribution in [0.25, 0.3) is 0 Å². The Balaban J connectivity index is 1.76. The molecule has 3 aromatic rings. The number of hydrogen-bond acceptors (Lipinski definition) is 3. The minimum absolute atomic E-state index is 0.180. The smallest absolute Gasteiger partial charge is 0.228 e. The normalized spacial score (nSPS) is 10.5. The Bertz CT molecular complexity index is 972. The van der Waals surface area contributed by atoms with E-state index in [0.29, 0.717) is 21.8 Å². The van der Waals surface area contributed by atoms with E-state index in [1.54, 1.807) is 54.2 Å². The summed E-state index contributed by atoms with van der Waals surface area (Å²) in [6.45, 7) is 2.10. The number of ketones is 1. The summed E-state index contributed by atoms with van der Waals surface area (Å²) in [5, 5.41) is 3.30. The van der Waals surface area contributed by atoms with E-state index < -0.39 is 0 Å². The molecule has 0 unspecified atom stereocenters. The summed E-state index contributed by atoms with van der Waals surface area (Å²) in [4.78, 5) is 26.6. The first-order valence-corrected chi connectivity index (χ1v) is 10.3. The van der Waals surface area contributed by atoms with Crippen molar-refractivity contribution in [2.45, 2.75) is 18.2 Å². The number of carbonyl (C=O) groups excluding carboxylic acids is 2. The van der Waals surface area contributed by atoms with Crippen molar-refractivity contribution in [3.05, 3.63) is 94.5 Å². The van der Waals surface area contributed by atoms with Crippen LogP contribution in [0.2, 0.25) is 5.02 Å². The Morgan fingerprint density at radius 1 is 0.964 bits per heavy atom. The topological polar surface area (TPSA) is 46.2 Å². The molecular formula is C23H20ClNO2S. The number of carbonyl (C=O) groups is 2. The van der Waals surface area contributed by atoms with Gasteiger partial charge >= 0.3 is 0 Å². The largest absolute Gasteiger partial charge is 0.325 e. The average Bonchev–Trinajstić information content (AvgIpc) is 2.71. The number of nitrogens with one attached hydrogen (secondary N) is 1. The molecule has 1 amide bonds. The Morgan fingerprint density at radius 2 is 1.68 bits per heavy atom. The summed E-state index contributed by atoms with van der Waals surface area (Å²) in [7, 11) is 0. The molecule has 0 aromatic heterocycles. The van der Waals surface area contributed by atoms with Crippen LogP contribution < -0.4 is 5.32 Å². The highest BCUT2D eigenvalue weighted by atomic mass is 35.5. The molecule has 3 aromatic carbocycles. The maximum Gasteiger partial charge on any atom is 0.228 e. The van der Waals surface area contributed by atoms with Crippen molar-refractivity contribution in [1.82, 2.24) is 0 Å². The van der Waals surface area contributed by atoms with Gasteiger partial charge in [-0.05, 0) is 41.6 Å². The maximum atomic E-state index is 12.8. The Labute approximate surface area is 174 Å². The summed E-state index contributed by atoms with van der Waals surface area (Å²) in [6.07, 6.45) is 0.235. The number of halogens is 1. The maximum absolute atomic E-state index is 12.8. The van der Waals surface area contributed by atoms with Crippen LogP contribution in [0.15, 0.2) is 77.7 Å². The molecule has 142 valence electrons.